The smallest absolute Gasteiger partial charge is 0.266 e. The maximum Gasteiger partial charge on any atom is 0.266 e. The third kappa shape index (κ3) is 6.26. The molecule has 0 aliphatic heterocycles. The lowest BCUT2D eigenvalue weighted by Crippen LogP contribution is -2.13. The van der Waals surface area contributed by atoms with Crippen LogP contribution in [0.2, 0.25) is 5.02 Å². The summed E-state index contributed by atoms with van der Waals surface area (Å²) in [6, 6.07) is 26.4. The lowest BCUT2D eigenvalue weighted by atomic mass is 10.1. The molecular weight excluding hydrogens is 498 g/mol. The van der Waals surface area contributed by atoms with E-state index in [4.69, 9.17) is 21.1 Å². The Labute approximate surface area is 227 Å². The average molecular weight is 526 g/mol. The Balaban J connectivity index is 1.50. The summed E-state index contributed by atoms with van der Waals surface area (Å²) < 4.78 is 13.5. The highest BCUT2D eigenvalue weighted by atomic mass is 35.5. The molecule has 1 aromatic heterocycles. The Morgan fingerprint density at radius 2 is 1.76 bits per heavy atom. The third-order valence-corrected chi connectivity index (χ3v) is 6.35. The number of hydrogen-bond donors (Lipinski definition) is 1. The number of benzene rings is 3. The molecule has 4 rings (SSSR count). The van der Waals surface area contributed by atoms with Crippen LogP contribution in [-0.2, 0) is 11.4 Å². The Hall–Kier alpha value is -4.47. The Kier molecular flexibility index (Phi) is 8.52. The lowest BCUT2D eigenvalue weighted by Gasteiger charge is -2.12. The molecule has 0 saturated heterocycles. The van der Waals surface area contributed by atoms with Gasteiger partial charge in [-0.2, -0.15) is 5.26 Å². The molecule has 0 saturated carbocycles. The number of rotatable bonds is 9. The van der Waals surface area contributed by atoms with E-state index in [9.17, 15) is 10.1 Å². The minimum Gasteiger partial charge on any atom is -0.494 e. The molecule has 0 fully saturated rings. The number of halogens is 1. The van der Waals surface area contributed by atoms with Crippen LogP contribution in [0.1, 0.15) is 29.4 Å². The SMILES string of the molecule is CCOc1cccc(NC(=O)/C(C#N)=C\c2cc(C)n(-c3ccc(OCc4ccccc4Cl)cc3)c2C)c1. The number of carbonyl (C=O) groups is 1. The highest BCUT2D eigenvalue weighted by Gasteiger charge is 2.14. The topological polar surface area (TPSA) is 76.3 Å². The molecule has 0 unspecified atom stereocenters. The van der Waals surface area contributed by atoms with Gasteiger partial charge in [-0.1, -0.05) is 35.9 Å². The maximum atomic E-state index is 12.8. The summed E-state index contributed by atoms with van der Waals surface area (Å²) in [5, 5.41) is 13.2. The zero-order valence-corrected chi connectivity index (χ0v) is 22.3. The van der Waals surface area contributed by atoms with Gasteiger partial charge in [-0.25, -0.2) is 0 Å². The first kappa shape index (κ1) is 26.6. The maximum absolute atomic E-state index is 12.8. The fourth-order valence-corrected chi connectivity index (χ4v) is 4.32. The van der Waals surface area contributed by atoms with Crippen LogP contribution in [0.3, 0.4) is 0 Å². The van der Waals surface area contributed by atoms with Gasteiger partial charge >= 0.3 is 0 Å². The molecule has 38 heavy (non-hydrogen) atoms. The molecule has 0 aliphatic rings. The van der Waals surface area contributed by atoms with E-state index in [2.05, 4.69) is 9.88 Å². The Bertz CT molecular complexity index is 1510. The van der Waals surface area contributed by atoms with E-state index in [0.717, 1.165) is 34.0 Å². The molecule has 1 amide bonds. The number of hydrogen-bond acceptors (Lipinski definition) is 4. The second-order valence-electron chi connectivity index (χ2n) is 8.62. The molecular formula is C31H28ClN3O3. The molecule has 4 aromatic rings. The summed E-state index contributed by atoms with van der Waals surface area (Å²) >= 11 is 6.22. The van der Waals surface area contributed by atoms with Crippen LogP contribution in [0.4, 0.5) is 5.69 Å². The van der Waals surface area contributed by atoms with Gasteiger partial charge in [0, 0.05) is 39.4 Å². The van der Waals surface area contributed by atoms with Crippen molar-refractivity contribution in [1.29, 1.82) is 5.26 Å². The molecule has 0 bridgehead atoms. The zero-order chi connectivity index (χ0) is 27.1. The second-order valence-corrected chi connectivity index (χ2v) is 9.03. The predicted octanol–water partition coefficient (Wildman–Crippen LogP) is 7.27. The van der Waals surface area contributed by atoms with Crippen LogP contribution in [0.25, 0.3) is 11.8 Å². The summed E-state index contributed by atoms with van der Waals surface area (Å²) in [5.41, 5.74) is 5.11. The summed E-state index contributed by atoms with van der Waals surface area (Å²) in [6.45, 7) is 6.73. The zero-order valence-electron chi connectivity index (χ0n) is 21.5. The number of ether oxygens (including phenoxy) is 2. The predicted molar refractivity (Wildman–Crippen MR) is 151 cm³/mol. The third-order valence-electron chi connectivity index (χ3n) is 5.99. The first-order valence-corrected chi connectivity index (χ1v) is 12.6. The molecule has 1 heterocycles. The molecule has 1 N–H and O–H groups in total. The second kappa shape index (κ2) is 12.2. The monoisotopic (exact) mass is 525 g/mol. The van der Waals surface area contributed by atoms with Gasteiger partial charge in [-0.3, -0.25) is 4.79 Å². The van der Waals surface area contributed by atoms with Gasteiger partial charge in [0.1, 0.15) is 29.7 Å². The largest absolute Gasteiger partial charge is 0.494 e. The van der Waals surface area contributed by atoms with E-state index in [1.807, 2.05) is 87.5 Å². The number of carbonyl (C=O) groups excluding carboxylic acids is 1. The molecule has 0 aliphatic carbocycles. The van der Waals surface area contributed by atoms with E-state index in [1.165, 1.54) is 0 Å². The normalized spacial score (nSPS) is 11.1. The first-order valence-electron chi connectivity index (χ1n) is 12.2. The van der Waals surface area contributed by atoms with Crippen LogP contribution in [0.15, 0.2) is 84.4 Å². The van der Waals surface area contributed by atoms with Crippen molar-refractivity contribution in [2.75, 3.05) is 11.9 Å². The van der Waals surface area contributed by atoms with Gasteiger partial charge < -0.3 is 19.4 Å². The van der Waals surface area contributed by atoms with Crippen LogP contribution < -0.4 is 14.8 Å². The number of aryl methyl sites for hydroxylation is 1. The van der Waals surface area contributed by atoms with Crippen molar-refractivity contribution in [2.45, 2.75) is 27.4 Å². The number of aromatic nitrogens is 1. The van der Waals surface area contributed by atoms with Crippen LogP contribution in [0.5, 0.6) is 11.5 Å². The van der Waals surface area contributed by atoms with E-state index < -0.39 is 5.91 Å². The van der Waals surface area contributed by atoms with E-state index in [-0.39, 0.29) is 5.57 Å². The fraction of sp³-hybridized carbons (Fsp3) is 0.161. The Morgan fingerprint density at radius 3 is 2.47 bits per heavy atom. The van der Waals surface area contributed by atoms with Gasteiger partial charge in [0.05, 0.1) is 6.61 Å². The van der Waals surface area contributed by atoms with Gasteiger partial charge in [0.25, 0.3) is 5.91 Å². The summed E-state index contributed by atoms with van der Waals surface area (Å²) in [5.74, 6) is 0.899. The summed E-state index contributed by atoms with van der Waals surface area (Å²) in [4.78, 5) is 12.8. The molecule has 0 spiro atoms. The van der Waals surface area contributed by atoms with Crippen molar-refractivity contribution in [3.63, 3.8) is 0 Å². The van der Waals surface area contributed by atoms with Crippen molar-refractivity contribution < 1.29 is 14.3 Å². The molecule has 192 valence electrons. The molecule has 0 radical (unpaired) electrons. The molecule has 6 nitrogen and oxygen atoms in total. The van der Waals surface area contributed by atoms with Gasteiger partial charge in [0.15, 0.2) is 0 Å². The van der Waals surface area contributed by atoms with Crippen LogP contribution >= 0.6 is 11.6 Å². The van der Waals surface area contributed by atoms with Crippen molar-refractivity contribution in [2.24, 2.45) is 0 Å². The minimum absolute atomic E-state index is 0.00961. The lowest BCUT2D eigenvalue weighted by molar-refractivity contribution is -0.112. The first-order chi connectivity index (χ1) is 18.4. The van der Waals surface area contributed by atoms with Crippen molar-refractivity contribution in [1.82, 2.24) is 4.57 Å². The molecule has 3 aromatic carbocycles. The number of nitrogens with one attached hydrogen (secondary N) is 1. The molecule has 7 heteroatoms. The minimum atomic E-state index is -0.481. The fourth-order valence-electron chi connectivity index (χ4n) is 4.13. The van der Waals surface area contributed by atoms with E-state index in [0.29, 0.717) is 29.7 Å². The summed E-state index contributed by atoms with van der Waals surface area (Å²) in [7, 11) is 0. The molecule has 0 atom stereocenters. The highest BCUT2D eigenvalue weighted by Crippen LogP contribution is 2.26. The number of amides is 1. The average Bonchev–Trinajstić information content (AvgIpc) is 3.19. The van der Waals surface area contributed by atoms with Gasteiger partial charge in [-0.15, -0.1) is 0 Å². The van der Waals surface area contributed by atoms with Crippen LogP contribution in [-0.4, -0.2) is 17.1 Å². The Morgan fingerprint density at radius 1 is 1.00 bits per heavy atom. The highest BCUT2D eigenvalue weighted by molar-refractivity contribution is 6.31. The van der Waals surface area contributed by atoms with Crippen molar-refractivity contribution in [3.05, 3.63) is 112 Å². The van der Waals surface area contributed by atoms with Gasteiger partial charge in [0.2, 0.25) is 0 Å². The van der Waals surface area contributed by atoms with E-state index >= 15 is 0 Å². The number of nitriles is 1. The van der Waals surface area contributed by atoms with Gasteiger partial charge in [-0.05, 0) is 80.9 Å². The van der Waals surface area contributed by atoms with E-state index in [1.54, 1.807) is 24.3 Å². The summed E-state index contributed by atoms with van der Waals surface area (Å²) in [6.07, 6.45) is 1.61. The van der Waals surface area contributed by atoms with Crippen molar-refractivity contribution >= 4 is 29.3 Å². The number of nitrogens with zero attached hydrogens (tertiary/aromatic N) is 2. The quantitative estimate of drug-likeness (QED) is 0.184. The van der Waals surface area contributed by atoms with Crippen LogP contribution in [0, 0.1) is 25.2 Å². The van der Waals surface area contributed by atoms with Crippen molar-refractivity contribution in [3.8, 4) is 23.3 Å². The standard InChI is InChI=1S/C31H28ClN3O3/c1-4-37-29-10-7-9-26(18-29)34-31(36)25(19-33)17-24-16-21(2)35(22(24)3)27-12-14-28(15-13-27)38-20-23-8-5-6-11-30(23)32/h5-18H,4,20H2,1-3H3,(H,34,36)/b25-17-. The number of anilines is 1.